The zero-order valence-electron chi connectivity index (χ0n) is 7.84. The summed E-state index contributed by atoms with van der Waals surface area (Å²) >= 11 is 0. The van der Waals surface area contributed by atoms with Crippen molar-refractivity contribution < 1.29 is 14.3 Å². The molecule has 74 valence electrons. The highest BCUT2D eigenvalue weighted by molar-refractivity contribution is 5.81. The van der Waals surface area contributed by atoms with E-state index in [2.05, 4.69) is 9.72 Å². The normalized spacial score (nSPS) is 10.1. The van der Waals surface area contributed by atoms with Crippen LogP contribution >= 0.6 is 0 Å². The zero-order valence-corrected chi connectivity index (χ0v) is 7.84. The monoisotopic (exact) mass is 193 g/mol. The Kier molecular flexibility index (Phi) is 4.20. The Morgan fingerprint density at radius 3 is 3.14 bits per heavy atom. The molecule has 1 rings (SSSR count). The Hall–Kier alpha value is -1.84. The molecular formula is C10H11NO3. The van der Waals surface area contributed by atoms with Crippen LogP contribution in [0.4, 0.5) is 0 Å². The van der Waals surface area contributed by atoms with Gasteiger partial charge in [-0.1, -0.05) is 0 Å². The van der Waals surface area contributed by atoms with Gasteiger partial charge in [-0.15, -0.1) is 0 Å². The molecule has 1 aromatic heterocycles. The van der Waals surface area contributed by atoms with Crippen LogP contribution in [0, 0.1) is 0 Å². The molecule has 0 saturated heterocycles. The number of aromatic nitrogens is 1. The van der Waals surface area contributed by atoms with Gasteiger partial charge in [0.1, 0.15) is 5.75 Å². The number of hydrogen-bond donors (Lipinski definition) is 0. The van der Waals surface area contributed by atoms with E-state index in [4.69, 9.17) is 4.74 Å². The number of esters is 1. The van der Waals surface area contributed by atoms with E-state index in [1.807, 2.05) is 0 Å². The van der Waals surface area contributed by atoms with Gasteiger partial charge in [0.05, 0.1) is 25.1 Å². The van der Waals surface area contributed by atoms with E-state index < -0.39 is 5.97 Å². The smallest absolute Gasteiger partial charge is 0.333 e. The molecule has 1 aromatic rings. The van der Waals surface area contributed by atoms with Gasteiger partial charge in [0.25, 0.3) is 0 Å². The third-order valence-corrected chi connectivity index (χ3v) is 1.33. The topological polar surface area (TPSA) is 48.4 Å². The van der Waals surface area contributed by atoms with Gasteiger partial charge in [-0.25, -0.2) is 4.79 Å². The van der Waals surface area contributed by atoms with E-state index in [0.29, 0.717) is 12.4 Å². The average molecular weight is 193 g/mol. The highest BCUT2D eigenvalue weighted by Gasteiger charge is 1.93. The van der Waals surface area contributed by atoms with Crippen molar-refractivity contribution in [2.24, 2.45) is 0 Å². The van der Waals surface area contributed by atoms with Crippen molar-refractivity contribution in [3.63, 3.8) is 0 Å². The number of carbonyl (C=O) groups excluding carboxylic acids is 1. The molecule has 0 saturated carbocycles. The number of nitrogens with zero attached hydrogens (tertiary/aromatic N) is 1. The molecule has 0 aliphatic carbocycles. The summed E-state index contributed by atoms with van der Waals surface area (Å²) < 4.78 is 9.74. The predicted molar refractivity (Wildman–Crippen MR) is 50.6 cm³/mol. The van der Waals surface area contributed by atoms with E-state index in [0.717, 1.165) is 0 Å². The zero-order chi connectivity index (χ0) is 10.2. The van der Waals surface area contributed by atoms with Crippen LogP contribution in [0.15, 0.2) is 36.9 Å². The summed E-state index contributed by atoms with van der Waals surface area (Å²) in [6.45, 7) is 2.10. The Bertz CT molecular complexity index is 308. The van der Waals surface area contributed by atoms with E-state index >= 15 is 0 Å². The lowest BCUT2D eigenvalue weighted by atomic mass is 10.5. The summed E-state index contributed by atoms with van der Waals surface area (Å²) in [5.74, 6) is 0.157. The fourth-order valence-electron chi connectivity index (χ4n) is 0.775. The first-order chi connectivity index (χ1) is 6.83. The molecule has 0 aromatic carbocycles. The van der Waals surface area contributed by atoms with E-state index in [-0.39, 0.29) is 0 Å². The van der Waals surface area contributed by atoms with Gasteiger partial charge in [-0.2, -0.15) is 0 Å². The molecule has 0 N–H and O–H groups in total. The van der Waals surface area contributed by atoms with Gasteiger partial charge >= 0.3 is 5.97 Å². The van der Waals surface area contributed by atoms with Crippen LogP contribution in [0.2, 0.25) is 0 Å². The maximum Gasteiger partial charge on any atom is 0.333 e. The van der Waals surface area contributed by atoms with E-state index in [9.17, 15) is 4.79 Å². The van der Waals surface area contributed by atoms with Crippen LogP contribution in [-0.2, 0) is 9.53 Å². The van der Waals surface area contributed by atoms with Crippen molar-refractivity contribution in [3.05, 3.63) is 36.9 Å². The summed E-state index contributed by atoms with van der Waals surface area (Å²) in [5.41, 5.74) is 0. The van der Waals surface area contributed by atoms with Gasteiger partial charge < -0.3 is 9.47 Å². The first-order valence-corrected chi connectivity index (χ1v) is 4.23. The summed E-state index contributed by atoms with van der Waals surface area (Å²) in [5, 5.41) is 0. The van der Waals surface area contributed by atoms with E-state index in [1.165, 1.54) is 12.3 Å². The van der Waals surface area contributed by atoms with Gasteiger partial charge in [0, 0.05) is 6.20 Å². The van der Waals surface area contributed by atoms with Crippen LogP contribution in [0.1, 0.15) is 6.92 Å². The molecule has 1 heterocycles. The summed E-state index contributed by atoms with van der Waals surface area (Å²) in [6, 6.07) is 3.48. The summed E-state index contributed by atoms with van der Waals surface area (Å²) in [6.07, 6.45) is 5.68. The lowest BCUT2D eigenvalue weighted by Crippen LogP contribution is -1.99. The van der Waals surface area contributed by atoms with Crippen LogP contribution in [0.3, 0.4) is 0 Å². The average Bonchev–Trinajstić information content (AvgIpc) is 2.20. The minimum absolute atomic E-state index is 0.357. The number of pyridine rings is 1. The van der Waals surface area contributed by atoms with Crippen molar-refractivity contribution in [1.82, 2.24) is 4.98 Å². The van der Waals surface area contributed by atoms with Crippen molar-refractivity contribution in [3.8, 4) is 5.75 Å². The summed E-state index contributed by atoms with van der Waals surface area (Å²) in [7, 11) is 0. The minimum atomic E-state index is -0.420. The van der Waals surface area contributed by atoms with Crippen molar-refractivity contribution in [2.75, 3.05) is 6.61 Å². The van der Waals surface area contributed by atoms with Crippen LogP contribution in [0.25, 0.3) is 0 Å². The number of carbonyl (C=O) groups is 1. The van der Waals surface area contributed by atoms with E-state index in [1.54, 1.807) is 31.5 Å². The second-order valence-electron chi connectivity index (χ2n) is 2.36. The van der Waals surface area contributed by atoms with Gasteiger partial charge in [0.15, 0.2) is 0 Å². The van der Waals surface area contributed by atoms with Gasteiger partial charge in [-0.05, 0) is 19.1 Å². The Balaban J connectivity index is 2.37. The molecule has 0 amide bonds. The van der Waals surface area contributed by atoms with Crippen molar-refractivity contribution in [1.29, 1.82) is 0 Å². The lowest BCUT2D eigenvalue weighted by molar-refractivity contribution is -0.137. The van der Waals surface area contributed by atoms with Crippen LogP contribution in [-0.4, -0.2) is 17.6 Å². The molecule has 14 heavy (non-hydrogen) atoms. The molecule has 0 radical (unpaired) electrons. The highest BCUT2D eigenvalue weighted by atomic mass is 16.5. The Morgan fingerprint density at radius 1 is 1.64 bits per heavy atom. The fraction of sp³-hybridized carbons (Fsp3) is 0.200. The largest absolute Gasteiger partial charge is 0.463 e. The highest BCUT2D eigenvalue weighted by Crippen LogP contribution is 2.05. The van der Waals surface area contributed by atoms with Gasteiger partial charge in [-0.3, -0.25) is 4.98 Å². The minimum Gasteiger partial charge on any atom is -0.463 e. The van der Waals surface area contributed by atoms with Crippen LogP contribution < -0.4 is 4.74 Å². The van der Waals surface area contributed by atoms with Crippen LogP contribution in [0.5, 0.6) is 5.75 Å². The first kappa shape index (κ1) is 10.2. The maximum atomic E-state index is 10.8. The number of rotatable bonds is 4. The molecule has 4 nitrogen and oxygen atoms in total. The van der Waals surface area contributed by atoms with Gasteiger partial charge in [0.2, 0.25) is 0 Å². The second kappa shape index (κ2) is 5.75. The number of ether oxygens (including phenoxy) is 2. The third kappa shape index (κ3) is 3.71. The predicted octanol–water partition coefficient (Wildman–Crippen LogP) is 1.54. The maximum absolute atomic E-state index is 10.8. The second-order valence-corrected chi connectivity index (χ2v) is 2.36. The fourth-order valence-corrected chi connectivity index (χ4v) is 0.775. The molecule has 0 fully saturated rings. The first-order valence-electron chi connectivity index (χ1n) is 4.23. The number of hydrogen-bond acceptors (Lipinski definition) is 4. The molecule has 0 spiro atoms. The molecular weight excluding hydrogens is 182 g/mol. The Morgan fingerprint density at radius 2 is 2.50 bits per heavy atom. The quantitative estimate of drug-likeness (QED) is 0.413. The molecule has 4 heteroatoms. The molecule has 0 bridgehead atoms. The standard InChI is InChI=1S/C10H11NO3/c1-2-13-10(12)5-7-14-9-4-3-6-11-8-9/h3-8H,2H2,1H3/b7-5+. The third-order valence-electron chi connectivity index (χ3n) is 1.33. The van der Waals surface area contributed by atoms with Crippen molar-refractivity contribution >= 4 is 5.97 Å². The molecule has 0 atom stereocenters. The molecule has 0 unspecified atom stereocenters. The molecule has 0 aliphatic rings. The lowest BCUT2D eigenvalue weighted by Gasteiger charge is -1.97. The van der Waals surface area contributed by atoms with Crippen molar-refractivity contribution in [2.45, 2.75) is 6.92 Å². The molecule has 0 aliphatic heterocycles. The summed E-state index contributed by atoms with van der Waals surface area (Å²) in [4.78, 5) is 14.7. The SMILES string of the molecule is CCOC(=O)/C=C/Oc1cccnc1. The Labute approximate surface area is 82.2 Å².